The number of fused-ring (bicyclic) bond motifs is 1. The van der Waals surface area contributed by atoms with Gasteiger partial charge in [0.2, 0.25) is 0 Å². The number of pyridine rings is 1. The Morgan fingerprint density at radius 3 is 2.83 bits per heavy atom. The van der Waals surface area contributed by atoms with Crippen LogP contribution in [0.25, 0.3) is 10.9 Å². The molecule has 1 spiro atoms. The molecule has 0 bridgehead atoms. The first-order chi connectivity index (χ1) is 13.9. The van der Waals surface area contributed by atoms with Crippen molar-refractivity contribution < 1.29 is 23.5 Å². The van der Waals surface area contributed by atoms with Crippen LogP contribution in [0.15, 0.2) is 30.5 Å². The Morgan fingerprint density at radius 1 is 1.31 bits per heavy atom. The summed E-state index contributed by atoms with van der Waals surface area (Å²) in [7, 11) is 0. The molecule has 2 aromatic rings. The van der Waals surface area contributed by atoms with Crippen LogP contribution >= 0.6 is 0 Å². The SMILES string of the molecule is CC1CCC2(CC1)NC(=O)N(CC(=O)OCc1ccc(F)c3cccnc13)C2=O. The summed E-state index contributed by atoms with van der Waals surface area (Å²) >= 11 is 0. The van der Waals surface area contributed by atoms with Crippen LogP contribution in [0.3, 0.4) is 0 Å². The summed E-state index contributed by atoms with van der Waals surface area (Å²) < 4.78 is 19.1. The summed E-state index contributed by atoms with van der Waals surface area (Å²) in [4.78, 5) is 42.5. The van der Waals surface area contributed by atoms with Crippen LogP contribution in [-0.2, 0) is 20.9 Å². The van der Waals surface area contributed by atoms with E-state index >= 15 is 0 Å². The summed E-state index contributed by atoms with van der Waals surface area (Å²) in [6.07, 6.45) is 4.41. The average Bonchev–Trinajstić information content (AvgIpc) is 2.94. The maximum atomic E-state index is 13.9. The van der Waals surface area contributed by atoms with Crippen molar-refractivity contribution in [2.24, 2.45) is 5.92 Å². The standard InChI is InChI=1S/C21H22FN3O4/c1-13-6-8-21(9-7-13)19(27)25(20(28)24-21)11-17(26)29-12-14-4-5-16(22)15-3-2-10-23-18(14)15/h2-5,10,13H,6-9,11-12H2,1H3,(H,24,28). The second-order valence-corrected chi connectivity index (χ2v) is 7.85. The highest BCUT2D eigenvalue weighted by Crippen LogP contribution is 2.36. The first-order valence-corrected chi connectivity index (χ1v) is 9.71. The van der Waals surface area contributed by atoms with E-state index in [2.05, 4.69) is 17.2 Å². The van der Waals surface area contributed by atoms with Gasteiger partial charge in [-0.3, -0.25) is 19.5 Å². The van der Waals surface area contributed by atoms with Crippen molar-refractivity contribution in [3.63, 3.8) is 0 Å². The third-order valence-corrected chi connectivity index (χ3v) is 5.85. The second kappa shape index (κ2) is 7.42. The maximum Gasteiger partial charge on any atom is 0.326 e. The molecular formula is C21H22FN3O4. The van der Waals surface area contributed by atoms with Crippen LogP contribution in [0, 0.1) is 11.7 Å². The monoisotopic (exact) mass is 399 g/mol. The number of urea groups is 1. The second-order valence-electron chi connectivity index (χ2n) is 7.85. The highest BCUT2D eigenvalue weighted by molar-refractivity contribution is 6.08. The number of aromatic nitrogens is 1. The number of benzene rings is 1. The zero-order valence-electron chi connectivity index (χ0n) is 16.1. The molecule has 1 N–H and O–H groups in total. The Labute approximate surface area is 167 Å². The third-order valence-electron chi connectivity index (χ3n) is 5.85. The minimum Gasteiger partial charge on any atom is -0.459 e. The Balaban J connectivity index is 1.41. The lowest BCUT2D eigenvalue weighted by Gasteiger charge is -2.33. The number of amides is 3. The molecule has 1 saturated heterocycles. The van der Waals surface area contributed by atoms with Gasteiger partial charge < -0.3 is 10.1 Å². The van der Waals surface area contributed by atoms with Crippen molar-refractivity contribution in [3.8, 4) is 0 Å². The minimum absolute atomic E-state index is 0.126. The molecule has 7 nitrogen and oxygen atoms in total. The summed E-state index contributed by atoms with van der Waals surface area (Å²) in [5, 5.41) is 3.11. The van der Waals surface area contributed by atoms with Gasteiger partial charge in [-0.15, -0.1) is 0 Å². The Kier molecular flexibility index (Phi) is 4.94. The molecule has 2 heterocycles. The third kappa shape index (κ3) is 3.54. The molecule has 1 saturated carbocycles. The number of hydrogen-bond donors (Lipinski definition) is 1. The number of carbonyl (C=O) groups excluding carboxylic acids is 3. The molecule has 152 valence electrons. The number of nitrogens with one attached hydrogen (secondary N) is 1. The fraction of sp³-hybridized carbons (Fsp3) is 0.429. The molecule has 3 amide bonds. The van der Waals surface area contributed by atoms with Crippen LogP contribution in [0.4, 0.5) is 9.18 Å². The lowest BCUT2D eigenvalue weighted by Crippen LogP contribution is -2.49. The van der Waals surface area contributed by atoms with Crippen molar-refractivity contribution in [3.05, 3.63) is 41.8 Å². The summed E-state index contributed by atoms with van der Waals surface area (Å²) in [6.45, 7) is 1.55. The van der Waals surface area contributed by atoms with Crippen LogP contribution < -0.4 is 5.32 Å². The van der Waals surface area contributed by atoms with Crippen LogP contribution in [0.1, 0.15) is 38.2 Å². The molecule has 2 aliphatic rings. The predicted molar refractivity (Wildman–Crippen MR) is 102 cm³/mol. The summed E-state index contributed by atoms with van der Waals surface area (Å²) in [5.41, 5.74) is 0.0666. The largest absolute Gasteiger partial charge is 0.459 e. The quantitative estimate of drug-likeness (QED) is 0.631. The first kappa shape index (κ1) is 19.3. The smallest absolute Gasteiger partial charge is 0.326 e. The van der Waals surface area contributed by atoms with E-state index < -0.39 is 29.9 Å². The van der Waals surface area contributed by atoms with Crippen LogP contribution in [0.5, 0.6) is 0 Å². The minimum atomic E-state index is -0.888. The fourth-order valence-electron chi connectivity index (χ4n) is 4.06. The zero-order chi connectivity index (χ0) is 20.6. The van der Waals surface area contributed by atoms with Gasteiger partial charge >= 0.3 is 12.0 Å². The molecule has 1 aliphatic carbocycles. The lowest BCUT2D eigenvalue weighted by molar-refractivity contribution is -0.149. The number of hydrogen-bond acceptors (Lipinski definition) is 5. The Hall–Kier alpha value is -3.03. The molecule has 1 aliphatic heterocycles. The number of esters is 1. The van der Waals surface area contributed by atoms with E-state index in [0.29, 0.717) is 35.2 Å². The van der Waals surface area contributed by atoms with E-state index in [-0.39, 0.29) is 12.5 Å². The van der Waals surface area contributed by atoms with Crippen molar-refractivity contribution in [1.82, 2.24) is 15.2 Å². The lowest BCUT2D eigenvalue weighted by atomic mass is 9.77. The van der Waals surface area contributed by atoms with Gasteiger partial charge in [0.05, 0.1) is 5.52 Å². The van der Waals surface area contributed by atoms with E-state index in [4.69, 9.17) is 4.74 Å². The van der Waals surface area contributed by atoms with E-state index in [1.165, 1.54) is 18.3 Å². The summed E-state index contributed by atoms with van der Waals surface area (Å²) in [5.74, 6) is -0.957. The van der Waals surface area contributed by atoms with Crippen molar-refractivity contribution in [1.29, 1.82) is 0 Å². The van der Waals surface area contributed by atoms with Crippen molar-refractivity contribution >= 4 is 28.8 Å². The van der Waals surface area contributed by atoms with E-state index in [1.807, 2.05) is 0 Å². The summed E-state index contributed by atoms with van der Waals surface area (Å²) in [6, 6.07) is 5.46. The number of halogens is 1. The number of nitrogens with zero attached hydrogens (tertiary/aromatic N) is 2. The molecule has 2 fully saturated rings. The number of carbonyl (C=O) groups is 3. The van der Waals surface area contributed by atoms with Gasteiger partial charge in [0.1, 0.15) is 24.5 Å². The fourth-order valence-corrected chi connectivity index (χ4v) is 4.06. The maximum absolute atomic E-state index is 13.9. The normalized spacial score (nSPS) is 24.2. The van der Waals surface area contributed by atoms with Crippen LogP contribution in [-0.4, -0.2) is 39.9 Å². The zero-order valence-corrected chi connectivity index (χ0v) is 16.1. The Bertz CT molecular complexity index is 985. The van der Waals surface area contributed by atoms with E-state index in [1.54, 1.807) is 12.1 Å². The van der Waals surface area contributed by atoms with Gasteiger partial charge in [0, 0.05) is 17.1 Å². The number of imide groups is 1. The van der Waals surface area contributed by atoms with E-state index in [9.17, 15) is 18.8 Å². The average molecular weight is 399 g/mol. The highest BCUT2D eigenvalue weighted by atomic mass is 19.1. The first-order valence-electron chi connectivity index (χ1n) is 9.71. The topological polar surface area (TPSA) is 88.6 Å². The molecule has 1 aromatic carbocycles. The predicted octanol–water partition coefficient (Wildman–Crippen LogP) is 2.92. The van der Waals surface area contributed by atoms with Crippen molar-refractivity contribution in [2.45, 2.75) is 44.8 Å². The molecule has 0 radical (unpaired) electrons. The molecule has 29 heavy (non-hydrogen) atoms. The van der Waals surface area contributed by atoms with Gasteiger partial charge in [-0.25, -0.2) is 9.18 Å². The van der Waals surface area contributed by atoms with Gasteiger partial charge in [-0.2, -0.15) is 0 Å². The molecule has 1 aromatic heterocycles. The van der Waals surface area contributed by atoms with Gasteiger partial charge in [0.25, 0.3) is 5.91 Å². The molecule has 4 rings (SSSR count). The molecule has 0 unspecified atom stereocenters. The van der Waals surface area contributed by atoms with E-state index in [0.717, 1.165) is 17.7 Å². The molecule has 8 heteroatoms. The van der Waals surface area contributed by atoms with Crippen LogP contribution in [0.2, 0.25) is 0 Å². The molecular weight excluding hydrogens is 377 g/mol. The number of rotatable bonds is 4. The van der Waals surface area contributed by atoms with Gasteiger partial charge in [-0.05, 0) is 49.8 Å². The van der Waals surface area contributed by atoms with Gasteiger partial charge in [0.15, 0.2) is 0 Å². The van der Waals surface area contributed by atoms with Gasteiger partial charge in [-0.1, -0.05) is 13.0 Å². The van der Waals surface area contributed by atoms with Crippen molar-refractivity contribution in [2.75, 3.05) is 6.54 Å². The Morgan fingerprint density at radius 2 is 2.07 bits per heavy atom. The highest BCUT2D eigenvalue weighted by Gasteiger charge is 2.52. The number of ether oxygens (including phenoxy) is 1. The molecule has 0 atom stereocenters.